The molecule has 30 heavy (non-hydrogen) atoms. The molecule has 7 heteroatoms. The van der Waals surface area contributed by atoms with Crippen LogP contribution in [0.2, 0.25) is 0 Å². The average Bonchev–Trinajstić information content (AvgIpc) is 2.76. The van der Waals surface area contributed by atoms with Gasteiger partial charge in [0.1, 0.15) is 0 Å². The summed E-state index contributed by atoms with van der Waals surface area (Å²) in [6.07, 6.45) is 2.60. The van der Waals surface area contributed by atoms with E-state index >= 15 is 0 Å². The molecule has 2 aliphatic rings. The maximum absolute atomic E-state index is 5.48. The second-order valence-corrected chi connectivity index (χ2v) is 8.56. The lowest BCUT2D eigenvalue weighted by molar-refractivity contribution is 0.0341. The molecule has 0 bridgehead atoms. The van der Waals surface area contributed by atoms with Crippen molar-refractivity contribution < 1.29 is 4.74 Å². The summed E-state index contributed by atoms with van der Waals surface area (Å²) in [7, 11) is 1.86. The third-order valence-corrected chi connectivity index (χ3v) is 6.12. The van der Waals surface area contributed by atoms with Gasteiger partial charge in [0.25, 0.3) is 0 Å². The summed E-state index contributed by atoms with van der Waals surface area (Å²) >= 11 is 0. The predicted molar refractivity (Wildman–Crippen MR) is 136 cm³/mol. The molecular formula is C23H40IN5O. The first-order valence-corrected chi connectivity index (χ1v) is 11.2. The summed E-state index contributed by atoms with van der Waals surface area (Å²) in [4.78, 5) is 9.50. The van der Waals surface area contributed by atoms with Crippen molar-refractivity contribution in [1.82, 2.24) is 20.4 Å². The maximum atomic E-state index is 5.48. The Labute approximate surface area is 199 Å². The fourth-order valence-electron chi connectivity index (χ4n) is 4.26. The molecule has 2 N–H and O–H groups in total. The van der Waals surface area contributed by atoms with Gasteiger partial charge in [0.15, 0.2) is 5.96 Å². The number of hydrogen-bond acceptors (Lipinski definition) is 4. The number of guanidine groups is 1. The minimum atomic E-state index is 0. The molecule has 6 nitrogen and oxygen atoms in total. The minimum Gasteiger partial charge on any atom is -0.379 e. The van der Waals surface area contributed by atoms with Crippen molar-refractivity contribution in [3.63, 3.8) is 0 Å². The van der Waals surface area contributed by atoms with E-state index < -0.39 is 0 Å². The SMILES string of the molecule is CN=C(NCc1ccccc1CN1CCOCC1)NCC1CCCN(C(C)C)C1.I. The highest BCUT2D eigenvalue weighted by molar-refractivity contribution is 14.0. The number of ether oxygens (including phenoxy) is 1. The van der Waals surface area contributed by atoms with E-state index in [0.29, 0.717) is 12.0 Å². The van der Waals surface area contributed by atoms with E-state index in [1.54, 1.807) is 0 Å². The van der Waals surface area contributed by atoms with Crippen LogP contribution in [0, 0.1) is 5.92 Å². The zero-order valence-corrected chi connectivity index (χ0v) is 21.2. The highest BCUT2D eigenvalue weighted by Gasteiger charge is 2.21. The maximum Gasteiger partial charge on any atom is 0.191 e. The van der Waals surface area contributed by atoms with Crippen LogP contribution in [0.25, 0.3) is 0 Å². The van der Waals surface area contributed by atoms with Gasteiger partial charge in [-0.15, -0.1) is 24.0 Å². The standard InChI is InChI=1S/C23H39N5O.HI/c1-19(2)28-10-6-7-20(17-28)15-25-23(24-3)26-16-21-8-4-5-9-22(21)18-27-11-13-29-14-12-27;/h4-5,8-9,19-20H,6-7,10-18H2,1-3H3,(H2,24,25,26);1H. The summed E-state index contributed by atoms with van der Waals surface area (Å²) in [6, 6.07) is 9.36. The monoisotopic (exact) mass is 529 g/mol. The lowest BCUT2D eigenvalue weighted by Crippen LogP contribution is -2.46. The van der Waals surface area contributed by atoms with Crippen LogP contribution in [0.15, 0.2) is 29.3 Å². The van der Waals surface area contributed by atoms with Crippen molar-refractivity contribution in [3.05, 3.63) is 35.4 Å². The quantitative estimate of drug-likeness (QED) is 0.323. The normalized spacial score (nSPS) is 21.3. The van der Waals surface area contributed by atoms with Gasteiger partial charge in [-0.1, -0.05) is 24.3 Å². The third kappa shape index (κ3) is 7.98. The number of rotatable bonds is 7. The Morgan fingerprint density at radius 3 is 2.57 bits per heavy atom. The van der Waals surface area contributed by atoms with Gasteiger partial charge in [-0.3, -0.25) is 9.89 Å². The molecule has 2 saturated heterocycles. The number of hydrogen-bond donors (Lipinski definition) is 2. The second-order valence-electron chi connectivity index (χ2n) is 8.56. The van der Waals surface area contributed by atoms with E-state index in [9.17, 15) is 0 Å². The Balaban J connectivity index is 0.00000320. The summed E-state index contributed by atoms with van der Waals surface area (Å²) in [6.45, 7) is 13.5. The Morgan fingerprint density at radius 2 is 1.87 bits per heavy atom. The highest BCUT2D eigenvalue weighted by atomic mass is 127. The largest absolute Gasteiger partial charge is 0.379 e. The smallest absolute Gasteiger partial charge is 0.191 e. The Morgan fingerprint density at radius 1 is 1.13 bits per heavy atom. The van der Waals surface area contributed by atoms with E-state index in [2.05, 4.69) is 63.5 Å². The number of halogens is 1. The molecule has 1 aromatic rings. The minimum absolute atomic E-state index is 0. The Bertz CT molecular complexity index is 648. The van der Waals surface area contributed by atoms with Gasteiger partial charge in [0.2, 0.25) is 0 Å². The first-order chi connectivity index (χ1) is 14.2. The molecule has 0 radical (unpaired) electrons. The summed E-state index contributed by atoms with van der Waals surface area (Å²) in [5, 5.41) is 7.07. The van der Waals surface area contributed by atoms with Gasteiger partial charge < -0.3 is 20.3 Å². The predicted octanol–water partition coefficient (Wildman–Crippen LogP) is 2.92. The van der Waals surface area contributed by atoms with Crippen LogP contribution in [-0.4, -0.2) is 74.8 Å². The van der Waals surface area contributed by atoms with Crippen molar-refractivity contribution in [3.8, 4) is 0 Å². The van der Waals surface area contributed by atoms with Crippen molar-refractivity contribution in [1.29, 1.82) is 0 Å². The number of nitrogens with one attached hydrogen (secondary N) is 2. The summed E-state index contributed by atoms with van der Waals surface area (Å²) in [5.74, 6) is 1.59. The van der Waals surface area contributed by atoms with E-state index in [1.165, 1.54) is 37.1 Å². The average molecular weight is 530 g/mol. The van der Waals surface area contributed by atoms with Crippen LogP contribution in [0.5, 0.6) is 0 Å². The van der Waals surface area contributed by atoms with Crippen LogP contribution in [0.1, 0.15) is 37.8 Å². The van der Waals surface area contributed by atoms with Crippen molar-refractivity contribution >= 4 is 29.9 Å². The molecule has 0 amide bonds. The molecule has 1 atom stereocenters. The molecule has 0 saturated carbocycles. The van der Waals surface area contributed by atoms with E-state index in [1.807, 2.05) is 7.05 Å². The molecule has 3 rings (SSSR count). The van der Waals surface area contributed by atoms with Gasteiger partial charge in [-0.2, -0.15) is 0 Å². The summed E-state index contributed by atoms with van der Waals surface area (Å²) < 4.78 is 5.48. The van der Waals surface area contributed by atoms with Crippen LogP contribution < -0.4 is 10.6 Å². The third-order valence-electron chi connectivity index (χ3n) is 6.12. The number of aliphatic imine (C=N–C) groups is 1. The zero-order chi connectivity index (χ0) is 20.5. The molecule has 2 heterocycles. The number of benzene rings is 1. The van der Waals surface area contributed by atoms with Gasteiger partial charge in [0, 0.05) is 52.4 Å². The fraction of sp³-hybridized carbons (Fsp3) is 0.696. The fourth-order valence-corrected chi connectivity index (χ4v) is 4.26. The van der Waals surface area contributed by atoms with Crippen LogP contribution in [-0.2, 0) is 17.8 Å². The van der Waals surface area contributed by atoms with Crippen LogP contribution in [0.3, 0.4) is 0 Å². The van der Waals surface area contributed by atoms with Gasteiger partial charge in [-0.05, 0) is 50.3 Å². The van der Waals surface area contributed by atoms with E-state index in [0.717, 1.165) is 51.9 Å². The molecular weight excluding hydrogens is 489 g/mol. The zero-order valence-electron chi connectivity index (χ0n) is 18.9. The molecule has 2 aliphatic heterocycles. The van der Waals surface area contributed by atoms with Crippen molar-refractivity contribution in [2.24, 2.45) is 10.9 Å². The van der Waals surface area contributed by atoms with Gasteiger partial charge in [-0.25, -0.2) is 0 Å². The highest BCUT2D eigenvalue weighted by Crippen LogP contribution is 2.17. The number of morpholine rings is 1. The first kappa shape index (κ1) is 25.4. The van der Waals surface area contributed by atoms with Gasteiger partial charge >= 0.3 is 0 Å². The Hall–Kier alpha value is -0.900. The van der Waals surface area contributed by atoms with Crippen LogP contribution in [0.4, 0.5) is 0 Å². The topological polar surface area (TPSA) is 52.1 Å². The number of likely N-dealkylation sites (tertiary alicyclic amines) is 1. The molecule has 170 valence electrons. The first-order valence-electron chi connectivity index (χ1n) is 11.2. The molecule has 0 spiro atoms. The number of piperidine rings is 1. The van der Waals surface area contributed by atoms with Gasteiger partial charge in [0.05, 0.1) is 13.2 Å². The second kappa shape index (κ2) is 13.5. The molecule has 0 aromatic heterocycles. The number of nitrogens with zero attached hydrogens (tertiary/aromatic N) is 3. The molecule has 1 unspecified atom stereocenters. The molecule has 1 aromatic carbocycles. The van der Waals surface area contributed by atoms with E-state index in [-0.39, 0.29) is 24.0 Å². The van der Waals surface area contributed by atoms with E-state index in [4.69, 9.17) is 4.74 Å². The van der Waals surface area contributed by atoms with Crippen molar-refractivity contribution in [2.75, 3.05) is 53.0 Å². The Kier molecular flexibility index (Phi) is 11.4. The summed E-state index contributed by atoms with van der Waals surface area (Å²) in [5.41, 5.74) is 2.72. The van der Waals surface area contributed by atoms with Crippen molar-refractivity contribution in [2.45, 2.75) is 45.8 Å². The molecule has 0 aliphatic carbocycles. The lowest BCUT2D eigenvalue weighted by atomic mass is 9.97. The molecule has 2 fully saturated rings. The lowest BCUT2D eigenvalue weighted by Gasteiger charge is -2.35. The van der Waals surface area contributed by atoms with Crippen LogP contribution >= 0.6 is 24.0 Å².